The Kier molecular flexibility index (Phi) is 4.42. The van der Waals surface area contributed by atoms with Gasteiger partial charge >= 0.3 is 0 Å². The van der Waals surface area contributed by atoms with Crippen LogP contribution in [0, 0.1) is 35.0 Å². The maximum Gasteiger partial charge on any atom is 0.0698 e. The number of fused-ring (bicyclic) bond motifs is 5. The largest absolute Gasteiger partial charge is 0.391 e. The van der Waals surface area contributed by atoms with Crippen LogP contribution >= 0.6 is 0 Å². The van der Waals surface area contributed by atoms with E-state index in [1.165, 1.54) is 51.4 Å². The summed E-state index contributed by atoms with van der Waals surface area (Å²) in [6, 6.07) is 0.380. The van der Waals surface area contributed by atoms with E-state index in [2.05, 4.69) is 11.8 Å². The average molecular weight is 348 g/mol. The second kappa shape index (κ2) is 6.49. The fourth-order valence-corrected chi connectivity index (χ4v) is 8.18. The minimum atomic E-state index is -0.115. The molecule has 4 saturated carbocycles. The van der Waals surface area contributed by atoms with Crippen LogP contribution in [0.25, 0.3) is 0 Å². The third-order valence-electron chi connectivity index (χ3n) is 9.40. The molecule has 1 heterocycles. The van der Waals surface area contributed by atoms with Crippen molar-refractivity contribution in [2.45, 2.75) is 76.9 Å². The van der Waals surface area contributed by atoms with Gasteiger partial charge in [-0.15, -0.1) is 0 Å². The first-order valence-electron chi connectivity index (χ1n) is 11.2. The van der Waals surface area contributed by atoms with Crippen LogP contribution in [0.3, 0.4) is 0 Å². The molecule has 4 aliphatic carbocycles. The van der Waals surface area contributed by atoms with Crippen molar-refractivity contribution in [2.75, 3.05) is 26.3 Å². The number of ether oxygens (including phenoxy) is 1. The van der Waals surface area contributed by atoms with Gasteiger partial charge in [-0.2, -0.15) is 0 Å². The minimum Gasteiger partial charge on any atom is -0.391 e. The molecular formula is C22H37NO2. The molecule has 25 heavy (non-hydrogen) atoms. The number of rotatable bonds is 1. The summed E-state index contributed by atoms with van der Waals surface area (Å²) >= 11 is 0. The van der Waals surface area contributed by atoms with Crippen molar-refractivity contribution in [1.82, 2.24) is 4.90 Å². The predicted molar refractivity (Wildman–Crippen MR) is 99.3 cm³/mol. The van der Waals surface area contributed by atoms with Gasteiger partial charge in [-0.3, -0.25) is 4.90 Å². The zero-order chi connectivity index (χ0) is 17.0. The normalized spacial score (nSPS) is 53.8. The Morgan fingerprint density at radius 2 is 1.80 bits per heavy atom. The van der Waals surface area contributed by atoms with E-state index >= 15 is 0 Å². The van der Waals surface area contributed by atoms with Gasteiger partial charge in [0.25, 0.3) is 0 Å². The third kappa shape index (κ3) is 2.72. The van der Waals surface area contributed by atoms with Crippen molar-refractivity contribution in [3.8, 4) is 0 Å². The Morgan fingerprint density at radius 1 is 0.960 bits per heavy atom. The first-order valence-corrected chi connectivity index (χ1v) is 11.2. The van der Waals surface area contributed by atoms with Gasteiger partial charge in [0.15, 0.2) is 0 Å². The van der Waals surface area contributed by atoms with E-state index < -0.39 is 0 Å². The molecule has 5 fully saturated rings. The molecule has 142 valence electrons. The lowest BCUT2D eigenvalue weighted by atomic mass is 9.46. The molecule has 5 rings (SSSR count). The highest BCUT2D eigenvalue weighted by atomic mass is 16.5. The molecule has 0 aromatic rings. The second-order valence-corrected chi connectivity index (χ2v) is 10.2. The quantitative estimate of drug-likeness (QED) is 0.785. The van der Waals surface area contributed by atoms with Crippen LogP contribution in [0.15, 0.2) is 0 Å². The van der Waals surface area contributed by atoms with Crippen molar-refractivity contribution in [1.29, 1.82) is 0 Å². The summed E-state index contributed by atoms with van der Waals surface area (Å²) < 4.78 is 5.57. The molecule has 8 atom stereocenters. The molecule has 6 unspecified atom stereocenters. The maximum absolute atomic E-state index is 10.9. The van der Waals surface area contributed by atoms with Gasteiger partial charge < -0.3 is 9.84 Å². The number of hydrogen-bond acceptors (Lipinski definition) is 3. The lowest BCUT2D eigenvalue weighted by Crippen LogP contribution is -2.60. The standard InChI is InChI=1S/C22H37NO2/c1-22-14-20(23-9-11-25-12-10-23)21(24)13-16(22)6-7-18-17-4-2-3-15(17)5-8-19(18)22/h15-21,24H,2-14H2,1H3/t15?,16?,17?,18?,19?,20-,21-,22?/m0/s1. The number of nitrogens with zero attached hydrogens (tertiary/aromatic N) is 1. The highest BCUT2D eigenvalue weighted by Gasteiger charge is 2.57. The smallest absolute Gasteiger partial charge is 0.0698 e. The fraction of sp³-hybridized carbons (Fsp3) is 1.00. The van der Waals surface area contributed by atoms with Crippen LogP contribution < -0.4 is 0 Å². The first-order chi connectivity index (χ1) is 12.2. The number of aliphatic hydroxyl groups excluding tert-OH is 1. The van der Waals surface area contributed by atoms with Crippen molar-refractivity contribution >= 4 is 0 Å². The fourth-order valence-electron chi connectivity index (χ4n) is 8.18. The molecule has 0 aromatic heterocycles. The van der Waals surface area contributed by atoms with E-state index in [1.54, 1.807) is 0 Å². The molecule has 1 saturated heterocycles. The summed E-state index contributed by atoms with van der Waals surface area (Å²) in [5.41, 5.74) is 0.471. The molecule has 5 aliphatic rings. The molecule has 0 aromatic carbocycles. The van der Waals surface area contributed by atoms with Gasteiger partial charge in [0, 0.05) is 19.1 Å². The topological polar surface area (TPSA) is 32.7 Å². The molecule has 3 heteroatoms. The molecule has 1 N–H and O–H groups in total. The van der Waals surface area contributed by atoms with Crippen LogP contribution in [0.5, 0.6) is 0 Å². The summed E-state index contributed by atoms with van der Waals surface area (Å²) in [5.74, 6) is 4.81. The third-order valence-corrected chi connectivity index (χ3v) is 9.40. The van der Waals surface area contributed by atoms with E-state index in [0.29, 0.717) is 11.5 Å². The second-order valence-electron chi connectivity index (χ2n) is 10.2. The van der Waals surface area contributed by atoms with Crippen molar-refractivity contribution in [2.24, 2.45) is 35.0 Å². The molecule has 0 bridgehead atoms. The summed E-state index contributed by atoms with van der Waals surface area (Å²) in [6.07, 6.45) is 12.5. The summed E-state index contributed by atoms with van der Waals surface area (Å²) in [6.45, 7) is 6.35. The molecule has 3 nitrogen and oxygen atoms in total. The SMILES string of the molecule is CC12C[C@H](N3CCOCC3)[C@@H](O)CC1CCC1C3CCCC3CCC12. The van der Waals surface area contributed by atoms with Crippen LogP contribution in [0.2, 0.25) is 0 Å². The molecular weight excluding hydrogens is 310 g/mol. The molecule has 0 radical (unpaired) electrons. The Bertz CT molecular complexity index is 490. The Balaban J connectivity index is 1.39. The molecule has 1 aliphatic heterocycles. The first kappa shape index (κ1) is 17.0. The number of hydrogen-bond donors (Lipinski definition) is 1. The Morgan fingerprint density at radius 3 is 2.64 bits per heavy atom. The predicted octanol–water partition coefficient (Wildman–Crippen LogP) is 3.70. The van der Waals surface area contributed by atoms with Crippen LogP contribution in [0.1, 0.15) is 64.7 Å². The van der Waals surface area contributed by atoms with Gasteiger partial charge in [0.05, 0.1) is 19.3 Å². The summed E-state index contributed by atoms with van der Waals surface area (Å²) in [5, 5.41) is 10.9. The van der Waals surface area contributed by atoms with Crippen molar-refractivity contribution in [3.05, 3.63) is 0 Å². The Hall–Kier alpha value is -0.120. The van der Waals surface area contributed by atoms with E-state index in [0.717, 1.165) is 62.3 Å². The number of aliphatic hydroxyl groups is 1. The summed E-state index contributed by atoms with van der Waals surface area (Å²) in [4.78, 5) is 2.56. The Labute approximate surface area is 153 Å². The number of morpholine rings is 1. The molecule has 0 spiro atoms. The van der Waals surface area contributed by atoms with E-state index in [4.69, 9.17) is 4.74 Å². The van der Waals surface area contributed by atoms with E-state index in [1.807, 2.05) is 0 Å². The van der Waals surface area contributed by atoms with Gasteiger partial charge in [0.1, 0.15) is 0 Å². The van der Waals surface area contributed by atoms with Gasteiger partial charge in [-0.1, -0.05) is 19.8 Å². The van der Waals surface area contributed by atoms with Crippen molar-refractivity contribution < 1.29 is 9.84 Å². The average Bonchev–Trinajstić information content (AvgIpc) is 3.11. The van der Waals surface area contributed by atoms with E-state index in [9.17, 15) is 5.11 Å². The van der Waals surface area contributed by atoms with Gasteiger partial charge in [0.2, 0.25) is 0 Å². The zero-order valence-electron chi connectivity index (χ0n) is 16.0. The van der Waals surface area contributed by atoms with Crippen molar-refractivity contribution in [3.63, 3.8) is 0 Å². The molecule has 0 amide bonds. The highest BCUT2D eigenvalue weighted by molar-refractivity contribution is 5.07. The zero-order valence-corrected chi connectivity index (χ0v) is 16.0. The minimum absolute atomic E-state index is 0.115. The van der Waals surface area contributed by atoms with Crippen LogP contribution in [0.4, 0.5) is 0 Å². The van der Waals surface area contributed by atoms with E-state index in [-0.39, 0.29) is 6.10 Å². The van der Waals surface area contributed by atoms with Crippen LogP contribution in [-0.2, 0) is 4.74 Å². The van der Waals surface area contributed by atoms with Gasteiger partial charge in [-0.25, -0.2) is 0 Å². The monoisotopic (exact) mass is 347 g/mol. The lowest BCUT2D eigenvalue weighted by Gasteiger charge is -2.61. The highest BCUT2D eigenvalue weighted by Crippen LogP contribution is 2.63. The summed E-state index contributed by atoms with van der Waals surface area (Å²) in [7, 11) is 0. The van der Waals surface area contributed by atoms with Gasteiger partial charge in [-0.05, 0) is 80.0 Å². The lowest BCUT2D eigenvalue weighted by molar-refractivity contribution is -0.142. The maximum atomic E-state index is 10.9. The van der Waals surface area contributed by atoms with Crippen LogP contribution in [-0.4, -0.2) is 48.5 Å².